The number of carbonyl (C=O) groups is 1. The van der Waals surface area contributed by atoms with E-state index >= 15 is 0 Å². The minimum atomic E-state index is -0.00378. The molecular formula is C20H28N4O. The zero-order valence-corrected chi connectivity index (χ0v) is 15.2. The summed E-state index contributed by atoms with van der Waals surface area (Å²) in [6, 6.07) is 10.2. The van der Waals surface area contributed by atoms with Crippen LogP contribution >= 0.6 is 0 Å². The fourth-order valence-electron chi connectivity index (χ4n) is 3.46. The molecule has 2 aromatic rings. The van der Waals surface area contributed by atoms with Crippen molar-refractivity contribution in [2.45, 2.75) is 39.7 Å². The minimum Gasteiger partial charge on any atom is -0.351 e. The van der Waals surface area contributed by atoms with E-state index in [0.29, 0.717) is 12.1 Å². The molecule has 5 nitrogen and oxygen atoms in total. The third-order valence-corrected chi connectivity index (χ3v) is 5.19. The van der Waals surface area contributed by atoms with Gasteiger partial charge in [0.05, 0.1) is 24.0 Å². The van der Waals surface area contributed by atoms with Gasteiger partial charge in [0.1, 0.15) is 0 Å². The summed E-state index contributed by atoms with van der Waals surface area (Å²) in [4.78, 5) is 12.7. The maximum atomic E-state index is 12.7. The zero-order chi connectivity index (χ0) is 17.7. The molecule has 2 N–H and O–H groups in total. The van der Waals surface area contributed by atoms with Crippen LogP contribution in [0.2, 0.25) is 0 Å². The molecule has 1 aromatic carbocycles. The van der Waals surface area contributed by atoms with Crippen LogP contribution in [0.25, 0.3) is 0 Å². The Morgan fingerprint density at radius 1 is 1.28 bits per heavy atom. The predicted octanol–water partition coefficient (Wildman–Crippen LogP) is 2.61. The highest BCUT2D eigenvalue weighted by atomic mass is 16.1. The predicted molar refractivity (Wildman–Crippen MR) is 99.7 cm³/mol. The van der Waals surface area contributed by atoms with E-state index in [4.69, 9.17) is 0 Å². The summed E-state index contributed by atoms with van der Waals surface area (Å²) in [5, 5.41) is 11.0. The van der Waals surface area contributed by atoms with Gasteiger partial charge in [0.15, 0.2) is 0 Å². The van der Waals surface area contributed by atoms with Gasteiger partial charge in [-0.25, -0.2) is 0 Å². The van der Waals surface area contributed by atoms with Crippen molar-refractivity contribution in [2.75, 3.05) is 19.6 Å². The maximum Gasteiger partial charge on any atom is 0.254 e. The van der Waals surface area contributed by atoms with Crippen LogP contribution in [0.3, 0.4) is 0 Å². The molecule has 1 aliphatic rings. The number of aromatic nitrogens is 2. The van der Waals surface area contributed by atoms with Crippen molar-refractivity contribution in [3.05, 3.63) is 53.3 Å². The molecule has 1 aliphatic heterocycles. The monoisotopic (exact) mass is 340 g/mol. The van der Waals surface area contributed by atoms with Crippen LogP contribution in [0, 0.1) is 5.41 Å². The van der Waals surface area contributed by atoms with Crippen LogP contribution in [-0.4, -0.2) is 35.3 Å². The molecule has 1 fully saturated rings. The van der Waals surface area contributed by atoms with Gasteiger partial charge in [-0.05, 0) is 43.3 Å². The molecular weight excluding hydrogens is 312 g/mol. The highest BCUT2D eigenvalue weighted by Gasteiger charge is 2.27. The van der Waals surface area contributed by atoms with Crippen molar-refractivity contribution >= 4 is 5.91 Å². The second kappa shape index (κ2) is 7.83. The van der Waals surface area contributed by atoms with Crippen molar-refractivity contribution in [3.8, 4) is 0 Å². The van der Waals surface area contributed by atoms with Crippen LogP contribution in [0.1, 0.15) is 48.3 Å². The Morgan fingerprint density at radius 2 is 2.00 bits per heavy atom. The number of piperidine rings is 1. The minimum absolute atomic E-state index is 0.00378. The van der Waals surface area contributed by atoms with Gasteiger partial charge in [-0.15, -0.1) is 0 Å². The Labute approximate surface area is 149 Å². The fourth-order valence-corrected chi connectivity index (χ4v) is 3.46. The van der Waals surface area contributed by atoms with Gasteiger partial charge in [-0.2, -0.15) is 5.10 Å². The average molecular weight is 340 g/mol. The quantitative estimate of drug-likeness (QED) is 0.850. The van der Waals surface area contributed by atoms with Gasteiger partial charge in [0, 0.05) is 6.54 Å². The number of carbonyl (C=O) groups excluding carboxylic acids is 1. The molecule has 0 aliphatic carbocycles. The largest absolute Gasteiger partial charge is 0.351 e. The highest BCUT2D eigenvalue weighted by molar-refractivity contribution is 5.95. The Morgan fingerprint density at radius 3 is 2.68 bits per heavy atom. The molecule has 0 unspecified atom stereocenters. The van der Waals surface area contributed by atoms with Gasteiger partial charge in [-0.1, -0.05) is 44.2 Å². The van der Waals surface area contributed by atoms with Crippen LogP contribution in [0.15, 0.2) is 36.5 Å². The SMILES string of the molecule is CCc1c(C(=O)NCC2(C)CCNCC2)cnn1Cc1ccccc1. The van der Waals surface area contributed by atoms with E-state index in [1.54, 1.807) is 6.20 Å². The summed E-state index contributed by atoms with van der Waals surface area (Å²) in [5.74, 6) is -0.00378. The standard InChI is InChI=1S/C20H28N4O/c1-3-18-17(13-23-24(18)14-16-7-5-4-6-8-16)19(25)22-15-20(2)9-11-21-12-10-20/h4-8,13,21H,3,9-12,14-15H2,1-2H3,(H,22,25). The molecule has 0 saturated carbocycles. The Hall–Kier alpha value is -2.14. The van der Waals surface area contributed by atoms with Gasteiger partial charge in [0.25, 0.3) is 5.91 Å². The Kier molecular flexibility index (Phi) is 5.53. The smallest absolute Gasteiger partial charge is 0.254 e. The number of nitrogens with zero attached hydrogens (tertiary/aromatic N) is 2. The van der Waals surface area contributed by atoms with Crippen molar-refractivity contribution < 1.29 is 4.79 Å². The topological polar surface area (TPSA) is 59.0 Å². The maximum absolute atomic E-state index is 12.7. The Balaban J connectivity index is 1.68. The molecule has 2 heterocycles. The molecule has 3 rings (SSSR count). The van der Waals surface area contributed by atoms with Crippen molar-refractivity contribution in [1.82, 2.24) is 20.4 Å². The number of hydrogen-bond acceptors (Lipinski definition) is 3. The van der Waals surface area contributed by atoms with Crippen LogP contribution in [0.4, 0.5) is 0 Å². The summed E-state index contributed by atoms with van der Waals surface area (Å²) in [5.41, 5.74) is 3.08. The number of amides is 1. The van der Waals surface area contributed by atoms with Crippen LogP contribution in [0.5, 0.6) is 0 Å². The lowest BCUT2D eigenvalue weighted by Crippen LogP contribution is -2.43. The number of nitrogens with one attached hydrogen (secondary N) is 2. The number of benzene rings is 1. The van der Waals surface area contributed by atoms with Crippen LogP contribution < -0.4 is 10.6 Å². The van der Waals surface area contributed by atoms with Gasteiger partial charge in [0.2, 0.25) is 0 Å². The lowest BCUT2D eigenvalue weighted by Gasteiger charge is -2.34. The first-order chi connectivity index (χ1) is 12.1. The molecule has 0 spiro atoms. The molecule has 0 bridgehead atoms. The Bertz CT molecular complexity index is 702. The second-order valence-corrected chi connectivity index (χ2v) is 7.25. The molecule has 1 amide bonds. The van der Waals surface area contributed by atoms with E-state index in [0.717, 1.165) is 44.6 Å². The summed E-state index contributed by atoms with van der Waals surface area (Å²) < 4.78 is 1.94. The molecule has 0 radical (unpaired) electrons. The third kappa shape index (κ3) is 4.28. The second-order valence-electron chi connectivity index (χ2n) is 7.25. The molecule has 0 atom stereocenters. The van der Waals surface area contributed by atoms with Crippen LogP contribution in [-0.2, 0) is 13.0 Å². The summed E-state index contributed by atoms with van der Waals surface area (Å²) in [7, 11) is 0. The van der Waals surface area contributed by atoms with E-state index in [2.05, 4.69) is 41.7 Å². The van der Waals surface area contributed by atoms with E-state index < -0.39 is 0 Å². The van der Waals surface area contributed by atoms with Gasteiger partial charge < -0.3 is 10.6 Å². The number of hydrogen-bond donors (Lipinski definition) is 2. The highest BCUT2D eigenvalue weighted by Crippen LogP contribution is 2.26. The molecule has 5 heteroatoms. The van der Waals surface area contributed by atoms with E-state index in [1.165, 1.54) is 5.56 Å². The van der Waals surface area contributed by atoms with E-state index in [9.17, 15) is 4.79 Å². The normalized spacial score (nSPS) is 16.6. The lowest BCUT2D eigenvalue weighted by molar-refractivity contribution is 0.0921. The lowest BCUT2D eigenvalue weighted by atomic mass is 9.81. The first-order valence-electron chi connectivity index (χ1n) is 9.19. The average Bonchev–Trinajstić information content (AvgIpc) is 3.04. The first kappa shape index (κ1) is 17.7. The first-order valence-corrected chi connectivity index (χ1v) is 9.19. The molecule has 25 heavy (non-hydrogen) atoms. The zero-order valence-electron chi connectivity index (χ0n) is 15.2. The van der Waals surface area contributed by atoms with Gasteiger partial charge in [-0.3, -0.25) is 9.48 Å². The molecule has 1 saturated heterocycles. The summed E-state index contributed by atoms with van der Waals surface area (Å²) in [6.45, 7) is 7.81. The van der Waals surface area contributed by atoms with E-state index in [-0.39, 0.29) is 11.3 Å². The number of rotatable bonds is 6. The summed E-state index contributed by atoms with van der Waals surface area (Å²) in [6.07, 6.45) is 4.70. The fraction of sp³-hybridized carbons (Fsp3) is 0.500. The van der Waals surface area contributed by atoms with Gasteiger partial charge >= 0.3 is 0 Å². The third-order valence-electron chi connectivity index (χ3n) is 5.19. The van der Waals surface area contributed by atoms with E-state index in [1.807, 2.05) is 22.9 Å². The van der Waals surface area contributed by atoms with Crippen molar-refractivity contribution in [2.24, 2.45) is 5.41 Å². The molecule has 134 valence electrons. The van der Waals surface area contributed by atoms with Crippen molar-refractivity contribution in [3.63, 3.8) is 0 Å². The van der Waals surface area contributed by atoms with Crippen molar-refractivity contribution in [1.29, 1.82) is 0 Å². The summed E-state index contributed by atoms with van der Waals surface area (Å²) >= 11 is 0. The molecule has 1 aromatic heterocycles.